The molecule has 14 heteroatoms. The van der Waals surface area contributed by atoms with Gasteiger partial charge in [-0.15, -0.1) is 0 Å². The fourth-order valence-electron chi connectivity index (χ4n) is 5.32. The Labute approximate surface area is 279 Å². The number of pyridine rings is 1. The van der Waals surface area contributed by atoms with Crippen LogP contribution in [0.1, 0.15) is 28.4 Å². The minimum absolute atomic E-state index is 0.0255. The van der Waals surface area contributed by atoms with Gasteiger partial charge in [-0.2, -0.15) is 0 Å². The molecular weight excluding hydrogens is 633 g/mol. The van der Waals surface area contributed by atoms with E-state index >= 15 is 0 Å². The number of aliphatic carboxylic acids is 1. The van der Waals surface area contributed by atoms with Crippen molar-refractivity contribution in [3.63, 3.8) is 0 Å². The molecule has 0 spiro atoms. The number of anilines is 3. The number of carbonyl (C=O) groups excluding carboxylic acids is 1. The van der Waals surface area contributed by atoms with Crippen LogP contribution in [0.3, 0.4) is 0 Å². The molecule has 48 heavy (non-hydrogen) atoms. The molecule has 1 aliphatic heterocycles. The second kappa shape index (κ2) is 14.8. The van der Waals surface area contributed by atoms with Crippen LogP contribution in [0.5, 0.6) is 0 Å². The van der Waals surface area contributed by atoms with Gasteiger partial charge in [-0.3, -0.25) is 9.78 Å². The second-order valence-electron chi connectivity index (χ2n) is 12.3. The Morgan fingerprint density at radius 3 is 2.42 bits per heavy atom. The number of amides is 1. The second-order valence-corrected chi connectivity index (χ2v) is 16.1. The maximum Gasteiger partial charge on any atom is 0.227 e. The minimum Gasteiger partial charge on any atom is -0.324 e. The third-order valence-electron chi connectivity index (χ3n) is 8.15. The van der Waals surface area contributed by atoms with Gasteiger partial charge in [-0.05, 0) is 42.8 Å². The number of nitrogens with zero attached hydrogens (tertiary/aromatic N) is 5. The van der Waals surface area contributed by atoms with Gasteiger partial charge in [0.2, 0.25) is 5.95 Å². The zero-order chi connectivity index (χ0) is 34.3. The molecule has 1 amide bonds. The molecule has 0 radical (unpaired) electrons. The van der Waals surface area contributed by atoms with Gasteiger partial charge in [-0.25, -0.2) is 9.97 Å². The first-order chi connectivity index (χ1) is 22.8. The van der Waals surface area contributed by atoms with Gasteiger partial charge in [0, 0.05) is 35.5 Å². The number of nitrogens with one attached hydrogen (secondary N) is 2. The molecular formula is C34H42N7O6P. The summed E-state index contributed by atoms with van der Waals surface area (Å²) in [5, 5.41) is 15.3. The van der Waals surface area contributed by atoms with E-state index in [-0.39, 0.29) is 12.1 Å². The SMILES string of the molecule is Cc1ccc(NC(=O)c2ccc(CN3CCN(CCP(C)(O)(O)O[C@H](C)C(=O)O)CC3)cc2)cc1Nc1nccc(-c2cccnc2)n1. The minimum atomic E-state index is -4.52. The number of benzene rings is 2. The van der Waals surface area contributed by atoms with Crippen LogP contribution < -0.4 is 10.6 Å². The zero-order valence-electron chi connectivity index (χ0n) is 27.3. The number of hydrogen-bond acceptors (Lipinski definition) is 11. The Balaban J connectivity index is 1.11. The van der Waals surface area contributed by atoms with Gasteiger partial charge in [0.05, 0.1) is 5.69 Å². The Morgan fingerprint density at radius 1 is 1.00 bits per heavy atom. The van der Waals surface area contributed by atoms with E-state index in [2.05, 4.69) is 35.4 Å². The van der Waals surface area contributed by atoms with Crippen molar-refractivity contribution in [2.24, 2.45) is 0 Å². The maximum atomic E-state index is 13.1. The Morgan fingerprint density at radius 2 is 1.73 bits per heavy atom. The summed E-state index contributed by atoms with van der Waals surface area (Å²) in [6.45, 7) is 8.62. The number of aromatic nitrogens is 3. The van der Waals surface area contributed by atoms with Crippen molar-refractivity contribution in [2.75, 3.05) is 56.2 Å². The third kappa shape index (κ3) is 9.83. The van der Waals surface area contributed by atoms with Crippen molar-refractivity contribution >= 4 is 36.5 Å². The summed E-state index contributed by atoms with van der Waals surface area (Å²) < 4.78 is 5.15. The van der Waals surface area contributed by atoms with E-state index in [9.17, 15) is 19.4 Å². The van der Waals surface area contributed by atoms with E-state index in [1.807, 2.05) is 67.6 Å². The first-order valence-electron chi connectivity index (χ1n) is 15.7. The Hall–Kier alpha value is -4.36. The monoisotopic (exact) mass is 675 g/mol. The number of aryl methyl sites for hydroxylation is 1. The molecule has 254 valence electrons. The number of hydrogen-bond donors (Lipinski definition) is 5. The van der Waals surface area contributed by atoms with E-state index in [4.69, 9.17) is 9.63 Å². The molecule has 13 nitrogen and oxygen atoms in total. The van der Waals surface area contributed by atoms with Crippen LogP contribution in [0.15, 0.2) is 79.3 Å². The van der Waals surface area contributed by atoms with Crippen molar-refractivity contribution in [1.82, 2.24) is 24.8 Å². The standard InChI is InChI=1S/C34H42N7O6P/c1-24-6-11-29(21-31(24)39-34-36-14-12-30(38-34)28-5-4-13-35-22-28)37-32(42)27-9-7-26(8-10-27)23-41-17-15-40(16-18-41)19-20-48(3,45,46)47-25(2)33(43)44/h4-14,21-22,25,45-46H,15-20,23H2,1-3H3,(H,37,42)(H,43,44)(H,36,38,39)/t25-/m1/s1. The first kappa shape index (κ1) is 35.0. The molecule has 1 fully saturated rings. The quantitative estimate of drug-likeness (QED) is 0.127. The van der Waals surface area contributed by atoms with Gasteiger partial charge in [0.1, 0.15) is 0 Å². The van der Waals surface area contributed by atoms with E-state index in [0.717, 1.165) is 60.8 Å². The van der Waals surface area contributed by atoms with Gasteiger partial charge in [-0.1, -0.05) is 6.07 Å². The molecule has 5 N–H and O–H groups in total. The molecule has 2 aromatic heterocycles. The third-order valence-corrected chi connectivity index (χ3v) is 10.2. The predicted octanol–water partition coefficient (Wildman–Crippen LogP) is 4.36. The van der Waals surface area contributed by atoms with Crippen LogP contribution in [-0.4, -0.2) is 103 Å². The largest absolute Gasteiger partial charge is 0.324 e. The van der Waals surface area contributed by atoms with E-state index in [1.165, 1.54) is 13.6 Å². The fraction of sp³-hybridized carbons (Fsp3) is 0.324. The van der Waals surface area contributed by atoms with Crippen LogP contribution in [0.25, 0.3) is 11.3 Å². The fourth-order valence-corrected chi connectivity index (χ4v) is 7.09. The molecule has 2 aromatic carbocycles. The van der Waals surface area contributed by atoms with Crippen molar-refractivity contribution in [3.05, 3.63) is 95.9 Å². The summed E-state index contributed by atoms with van der Waals surface area (Å²) in [7, 11) is -4.52. The molecule has 1 atom stereocenters. The van der Waals surface area contributed by atoms with E-state index < -0.39 is 19.4 Å². The molecule has 0 unspecified atom stereocenters. The number of rotatable bonds is 13. The van der Waals surface area contributed by atoms with E-state index in [0.29, 0.717) is 23.7 Å². The molecule has 3 heterocycles. The topological polar surface area (TPSA) is 173 Å². The van der Waals surface area contributed by atoms with Crippen LogP contribution >= 0.6 is 7.28 Å². The molecule has 5 rings (SSSR count). The summed E-state index contributed by atoms with van der Waals surface area (Å²) in [4.78, 5) is 62.9. The zero-order valence-corrected chi connectivity index (χ0v) is 28.2. The number of piperazine rings is 1. The van der Waals surface area contributed by atoms with E-state index in [1.54, 1.807) is 18.6 Å². The van der Waals surface area contributed by atoms with Crippen LogP contribution in [-0.2, 0) is 15.9 Å². The molecule has 1 aliphatic rings. The van der Waals surface area contributed by atoms with Crippen molar-refractivity contribution in [2.45, 2.75) is 26.5 Å². The average molecular weight is 676 g/mol. The average Bonchev–Trinajstić information content (AvgIpc) is 3.06. The summed E-state index contributed by atoms with van der Waals surface area (Å²) in [6.07, 6.45) is 3.83. The van der Waals surface area contributed by atoms with Gasteiger partial charge >= 0.3 is 154 Å². The molecule has 1 saturated heterocycles. The maximum absolute atomic E-state index is 13.1. The molecule has 0 saturated carbocycles. The normalized spacial score (nSPS) is 15.6. The number of carboxylic acids is 1. The van der Waals surface area contributed by atoms with Crippen LogP contribution in [0.4, 0.5) is 17.3 Å². The van der Waals surface area contributed by atoms with Gasteiger partial charge in [0.25, 0.3) is 0 Å². The summed E-state index contributed by atoms with van der Waals surface area (Å²) in [5.41, 5.74) is 5.64. The first-order valence-corrected chi connectivity index (χ1v) is 18.4. The smallest absolute Gasteiger partial charge is 0.227 e. The summed E-state index contributed by atoms with van der Waals surface area (Å²) in [5.74, 6) is -1.02. The van der Waals surface area contributed by atoms with Crippen LogP contribution in [0.2, 0.25) is 0 Å². The number of carboxylic acid groups (broad SMARTS) is 1. The Bertz CT molecular complexity index is 1730. The predicted molar refractivity (Wildman–Crippen MR) is 186 cm³/mol. The van der Waals surface area contributed by atoms with Crippen molar-refractivity contribution in [3.8, 4) is 11.3 Å². The van der Waals surface area contributed by atoms with Gasteiger partial charge < -0.3 is 10.6 Å². The Kier molecular flexibility index (Phi) is 10.8. The molecule has 0 bridgehead atoms. The van der Waals surface area contributed by atoms with Gasteiger partial charge in [0.15, 0.2) is 0 Å². The summed E-state index contributed by atoms with van der Waals surface area (Å²) in [6, 6.07) is 18.8. The number of carbonyl (C=O) groups is 2. The van der Waals surface area contributed by atoms with Crippen molar-refractivity contribution in [1.29, 1.82) is 0 Å². The molecule has 4 aromatic rings. The van der Waals surface area contributed by atoms with Crippen LogP contribution in [0, 0.1) is 6.92 Å². The summed E-state index contributed by atoms with van der Waals surface area (Å²) >= 11 is 0. The molecule has 0 aliphatic carbocycles. The van der Waals surface area contributed by atoms with Crippen molar-refractivity contribution < 1.29 is 29.0 Å².